The van der Waals surface area contributed by atoms with E-state index in [0.29, 0.717) is 12.0 Å². The largest absolute Gasteiger partial charge is 0.508 e. The minimum absolute atomic E-state index is 0.0661. The summed E-state index contributed by atoms with van der Waals surface area (Å²) in [7, 11) is 0. The first-order valence-corrected chi connectivity index (χ1v) is 8.59. The Balaban J connectivity index is 1.95. The Bertz CT molecular complexity index is 745. The number of aliphatic hydroxyl groups excluding tert-OH is 4. The number of aryl methyl sites for hydroxylation is 1. The smallest absolute Gasteiger partial charge is 0.121 e. The second kappa shape index (κ2) is 7.73. The number of phenols is 1. The average Bonchev–Trinajstić information content (AvgIpc) is 2.64. The summed E-state index contributed by atoms with van der Waals surface area (Å²) < 4.78 is 5.57. The maximum absolute atomic E-state index is 10.4. The van der Waals surface area contributed by atoms with Gasteiger partial charge in [0.2, 0.25) is 0 Å². The molecule has 0 aliphatic carbocycles. The quantitative estimate of drug-likeness (QED) is 0.552. The molecule has 2 aromatic rings. The Hall–Kier alpha value is -1.96. The van der Waals surface area contributed by atoms with Crippen LogP contribution >= 0.6 is 0 Å². The number of ether oxygens (including phenoxy) is 1. The third kappa shape index (κ3) is 3.60. The lowest BCUT2D eigenvalue weighted by Gasteiger charge is -2.40. The second-order valence-corrected chi connectivity index (χ2v) is 6.75. The summed E-state index contributed by atoms with van der Waals surface area (Å²) in [6.07, 6.45) is -5.77. The standard InChI is InChI=1S/C20H24O6/c1-11-7-15(22)14(9-13(11)8-12-5-3-2-4-6-12)20-19(25)18(24)17(23)16(10-21)26-20/h2-7,9,16-25H,8,10H2,1H3/t16-,17-,18+,19-,20+/m1/s1. The number of rotatable bonds is 4. The summed E-state index contributed by atoms with van der Waals surface area (Å²) in [5.41, 5.74) is 3.25. The van der Waals surface area contributed by atoms with Crippen LogP contribution in [0.4, 0.5) is 0 Å². The van der Waals surface area contributed by atoms with Crippen LogP contribution < -0.4 is 0 Å². The Kier molecular flexibility index (Phi) is 5.60. The lowest BCUT2D eigenvalue weighted by Crippen LogP contribution is -2.55. The van der Waals surface area contributed by atoms with Crippen molar-refractivity contribution in [2.24, 2.45) is 0 Å². The predicted molar refractivity (Wildman–Crippen MR) is 94.8 cm³/mol. The lowest BCUT2D eigenvalue weighted by molar-refractivity contribution is -0.232. The minimum atomic E-state index is -1.48. The maximum atomic E-state index is 10.4. The molecule has 0 saturated carbocycles. The highest BCUT2D eigenvalue weighted by atomic mass is 16.5. The van der Waals surface area contributed by atoms with Crippen molar-refractivity contribution in [1.29, 1.82) is 0 Å². The zero-order valence-corrected chi connectivity index (χ0v) is 14.5. The van der Waals surface area contributed by atoms with E-state index in [0.717, 1.165) is 16.7 Å². The number of benzene rings is 2. The molecule has 1 fully saturated rings. The van der Waals surface area contributed by atoms with Gasteiger partial charge >= 0.3 is 0 Å². The first-order valence-electron chi connectivity index (χ1n) is 8.59. The molecule has 0 unspecified atom stereocenters. The second-order valence-electron chi connectivity index (χ2n) is 6.75. The van der Waals surface area contributed by atoms with E-state index in [4.69, 9.17) is 4.74 Å². The van der Waals surface area contributed by atoms with E-state index < -0.39 is 37.1 Å². The number of aliphatic hydroxyl groups is 4. The van der Waals surface area contributed by atoms with Gasteiger partial charge in [0, 0.05) is 5.56 Å². The number of hydrogen-bond donors (Lipinski definition) is 5. The predicted octanol–water partition coefficient (Wildman–Crippen LogP) is 0.806. The first-order chi connectivity index (χ1) is 12.4. The number of aromatic hydroxyl groups is 1. The molecule has 140 valence electrons. The van der Waals surface area contributed by atoms with E-state index in [2.05, 4.69) is 0 Å². The van der Waals surface area contributed by atoms with Crippen LogP contribution in [0.5, 0.6) is 5.75 Å². The summed E-state index contributed by atoms with van der Waals surface area (Å²) in [5.74, 6) is -0.0661. The van der Waals surface area contributed by atoms with E-state index >= 15 is 0 Å². The molecule has 1 saturated heterocycles. The van der Waals surface area contributed by atoms with E-state index in [1.54, 1.807) is 12.1 Å². The van der Waals surface area contributed by atoms with Crippen molar-refractivity contribution in [3.63, 3.8) is 0 Å². The van der Waals surface area contributed by atoms with Crippen molar-refractivity contribution in [2.45, 2.75) is 43.9 Å². The molecule has 6 heteroatoms. The van der Waals surface area contributed by atoms with Gasteiger partial charge in [0.25, 0.3) is 0 Å². The summed E-state index contributed by atoms with van der Waals surface area (Å²) in [5, 5.41) is 50.0. The van der Waals surface area contributed by atoms with Crippen molar-refractivity contribution in [3.8, 4) is 5.75 Å². The third-order valence-electron chi connectivity index (χ3n) is 4.92. The normalized spacial score (nSPS) is 28.9. The Labute approximate surface area is 151 Å². The molecular formula is C20H24O6. The van der Waals surface area contributed by atoms with Gasteiger partial charge in [0.15, 0.2) is 0 Å². The molecule has 2 aromatic carbocycles. The fraction of sp³-hybridized carbons (Fsp3) is 0.400. The zero-order chi connectivity index (χ0) is 18.8. The molecule has 1 aliphatic rings. The van der Waals surface area contributed by atoms with Gasteiger partial charge in [-0.2, -0.15) is 0 Å². The summed E-state index contributed by atoms with van der Waals surface area (Å²) in [4.78, 5) is 0. The van der Waals surface area contributed by atoms with Crippen molar-refractivity contribution in [2.75, 3.05) is 6.61 Å². The highest BCUT2D eigenvalue weighted by Crippen LogP contribution is 2.38. The summed E-state index contributed by atoms with van der Waals surface area (Å²) in [6, 6.07) is 13.2. The van der Waals surface area contributed by atoms with Crippen LogP contribution in [0.2, 0.25) is 0 Å². The van der Waals surface area contributed by atoms with Gasteiger partial charge < -0.3 is 30.3 Å². The fourth-order valence-corrected chi connectivity index (χ4v) is 3.35. The van der Waals surface area contributed by atoms with Crippen LogP contribution in [-0.4, -0.2) is 56.6 Å². The number of phenolic OH excluding ortho intramolecular Hbond substituents is 1. The van der Waals surface area contributed by atoms with Gasteiger partial charge in [0.05, 0.1) is 6.61 Å². The SMILES string of the molecule is Cc1cc(O)c([C@@H]2O[C@H](CO)[C@@H](O)[C@H](O)[C@H]2O)cc1Cc1ccccc1. The monoisotopic (exact) mass is 360 g/mol. The number of hydrogen-bond acceptors (Lipinski definition) is 6. The van der Waals surface area contributed by atoms with Crippen molar-refractivity contribution < 1.29 is 30.3 Å². The fourth-order valence-electron chi connectivity index (χ4n) is 3.35. The summed E-state index contributed by atoms with van der Waals surface area (Å²) in [6.45, 7) is 1.38. The first kappa shape index (κ1) is 18.8. The molecule has 0 amide bonds. The van der Waals surface area contributed by atoms with Gasteiger partial charge in [-0.3, -0.25) is 0 Å². The van der Waals surface area contributed by atoms with E-state index in [1.807, 2.05) is 37.3 Å². The molecule has 1 heterocycles. The van der Waals surface area contributed by atoms with Crippen LogP contribution in [0.3, 0.4) is 0 Å². The molecule has 5 N–H and O–H groups in total. The molecule has 0 bridgehead atoms. The van der Waals surface area contributed by atoms with Gasteiger partial charge in [-0.15, -0.1) is 0 Å². The third-order valence-corrected chi connectivity index (χ3v) is 4.92. The highest BCUT2D eigenvalue weighted by molar-refractivity contribution is 5.45. The Morgan fingerprint density at radius 3 is 2.31 bits per heavy atom. The van der Waals surface area contributed by atoms with Crippen LogP contribution in [-0.2, 0) is 11.2 Å². The topological polar surface area (TPSA) is 110 Å². The van der Waals surface area contributed by atoms with E-state index in [1.165, 1.54) is 0 Å². The Morgan fingerprint density at radius 2 is 1.65 bits per heavy atom. The van der Waals surface area contributed by atoms with Crippen LogP contribution in [0, 0.1) is 6.92 Å². The molecule has 26 heavy (non-hydrogen) atoms. The molecule has 5 atom stereocenters. The van der Waals surface area contributed by atoms with E-state index in [-0.39, 0.29) is 5.75 Å². The Morgan fingerprint density at radius 1 is 0.962 bits per heavy atom. The van der Waals surface area contributed by atoms with Crippen molar-refractivity contribution >= 4 is 0 Å². The summed E-state index contributed by atoms with van der Waals surface area (Å²) >= 11 is 0. The van der Waals surface area contributed by atoms with Crippen molar-refractivity contribution in [1.82, 2.24) is 0 Å². The highest BCUT2D eigenvalue weighted by Gasteiger charge is 2.44. The van der Waals surface area contributed by atoms with Crippen molar-refractivity contribution in [3.05, 3.63) is 64.7 Å². The molecule has 1 aliphatic heterocycles. The van der Waals surface area contributed by atoms with Gasteiger partial charge in [-0.05, 0) is 42.2 Å². The molecule has 6 nitrogen and oxygen atoms in total. The minimum Gasteiger partial charge on any atom is -0.508 e. The lowest BCUT2D eigenvalue weighted by atomic mass is 9.88. The van der Waals surface area contributed by atoms with Gasteiger partial charge in [0.1, 0.15) is 36.3 Å². The zero-order valence-electron chi connectivity index (χ0n) is 14.5. The molecule has 0 aromatic heterocycles. The van der Waals surface area contributed by atoms with Crippen LogP contribution in [0.1, 0.15) is 28.4 Å². The van der Waals surface area contributed by atoms with Crippen LogP contribution in [0.15, 0.2) is 42.5 Å². The van der Waals surface area contributed by atoms with Gasteiger partial charge in [-0.1, -0.05) is 30.3 Å². The molecule has 0 radical (unpaired) electrons. The molecular weight excluding hydrogens is 336 g/mol. The van der Waals surface area contributed by atoms with E-state index in [9.17, 15) is 25.5 Å². The molecule has 0 spiro atoms. The van der Waals surface area contributed by atoms with Crippen LogP contribution in [0.25, 0.3) is 0 Å². The van der Waals surface area contributed by atoms with Gasteiger partial charge in [-0.25, -0.2) is 0 Å². The average molecular weight is 360 g/mol. The maximum Gasteiger partial charge on any atom is 0.121 e. The molecule has 3 rings (SSSR count).